The summed E-state index contributed by atoms with van der Waals surface area (Å²) < 4.78 is 16.0. The van der Waals surface area contributed by atoms with Crippen molar-refractivity contribution in [3.05, 3.63) is 52.8 Å². The maximum absolute atomic E-state index is 13.5. The molecule has 0 saturated carbocycles. The van der Waals surface area contributed by atoms with E-state index in [-0.39, 0.29) is 5.82 Å². The van der Waals surface area contributed by atoms with Crippen molar-refractivity contribution in [3.8, 4) is 0 Å². The Hall–Kier alpha value is -1.95. The van der Waals surface area contributed by atoms with Crippen LogP contribution in [-0.2, 0) is 0 Å². The van der Waals surface area contributed by atoms with Crippen LogP contribution in [0, 0.1) is 12.7 Å². The van der Waals surface area contributed by atoms with Crippen molar-refractivity contribution in [2.24, 2.45) is 0 Å². The number of hydrogen-bond donors (Lipinski definition) is 1. The molecule has 0 aliphatic heterocycles. The molecule has 4 nitrogen and oxygen atoms in total. The average Bonchev–Trinajstić information content (AvgIpc) is 2.83. The zero-order chi connectivity index (χ0) is 13.4. The molecule has 0 radical (unpaired) electrons. The van der Waals surface area contributed by atoms with Gasteiger partial charge in [-0.3, -0.25) is 0 Å². The third-order valence-electron chi connectivity index (χ3n) is 2.87. The van der Waals surface area contributed by atoms with E-state index >= 15 is 0 Å². The Labute approximate surface area is 117 Å². The second-order valence-corrected chi connectivity index (χ2v) is 4.92. The van der Waals surface area contributed by atoms with E-state index in [0.29, 0.717) is 27.3 Å². The number of benzene rings is 1. The lowest BCUT2D eigenvalue weighted by Crippen LogP contribution is -2.01. The summed E-state index contributed by atoms with van der Waals surface area (Å²) in [5.41, 5.74) is 1.91. The summed E-state index contributed by atoms with van der Waals surface area (Å²) in [6.07, 6.45) is 5.32. The van der Waals surface area contributed by atoms with Crippen molar-refractivity contribution in [1.29, 1.82) is 0 Å². The topological polar surface area (TPSA) is 42.2 Å². The van der Waals surface area contributed by atoms with Crippen molar-refractivity contribution in [3.63, 3.8) is 0 Å². The van der Waals surface area contributed by atoms with Gasteiger partial charge in [-0.1, -0.05) is 6.07 Å². The first-order valence-corrected chi connectivity index (χ1v) is 6.46. The third kappa shape index (κ3) is 2.19. The zero-order valence-electron chi connectivity index (χ0n) is 10.1. The van der Waals surface area contributed by atoms with Crippen LogP contribution in [0.1, 0.15) is 5.56 Å². The van der Waals surface area contributed by atoms with E-state index in [0.717, 1.165) is 0 Å². The molecule has 19 heavy (non-hydrogen) atoms. The minimum atomic E-state index is -0.251. The quantitative estimate of drug-likeness (QED) is 0.783. The second kappa shape index (κ2) is 4.62. The Morgan fingerprint density at radius 3 is 3.05 bits per heavy atom. The van der Waals surface area contributed by atoms with Crippen LogP contribution < -0.4 is 5.32 Å². The molecule has 0 aliphatic rings. The minimum absolute atomic E-state index is 0.251. The Morgan fingerprint density at radius 1 is 1.37 bits per heavy atom. The van der Waals surface area contributed by atoms with Gasteiger partial charge in [-0.15, -0.1) is 0 Å². The first-order valence-electron chi connectivity index (χ1n) is 5.66. The first kappa shape index (κ1) is 12.1. The lowest BCUT2D eigenvalue weighted by molar-refractivity contribution is 0.619. The summed E-state index contributed by atoms with van der Waals surface area (Å²) in [5.74, 6) is 0.326. The molecule has 0 atom stereocenters. The summed E-state index contributed by atoms with van der Waals surface area (Å²) in [7, 11) is 0. The standard InChI is InChI=1S/C13H10BrFN4/c1-8-9(15)3-2-4-10(8)17-12-13-16-5-6-19(13)7-11(14)18-12/h2-7H,1H3,(H,17,18). The van der Waals surface area contributed by atoms with E-state index in [2.05, 4.69) is 31.2 Å². The largest absolute Gasteiger partial charge is 0.337 e. The van der Waals surface area contributed by atoms with Crippen molar-refractivity contribution in [2.45, 2.75) is 6.92 Å². The first-order chi connectivity index (χ1) is 9.15. The van der Waals surface area contributed by atoms with Gasteiger partial charge in [0, 0.05) is 29.8 Å². The van der Waals surface area contributed by atoms with Crippen LogP contribution in [0.5, 0.6) is 0 Å². The van der Waals surface area contributed by atoms with Crippen LogP contribution in [0.2, 0.25) is 0 Å². The fraction of sp³-hybridized carbons (Fsp3) is 0.0769. The average molecular weight is 321 g/mol. The minimum Gasteiger partial charge on any atom is -0.337 e. The number of imidazole rings is 1. The number of nitrogens with one attached hydrogen (secondary N) is 1. The number of halogens is 2. The van der Waals surface area contributed by atoms with Gasteiger partial charge in [0.2, 0.25) is 0 Å². The lowest BCUT2D eigenvalue weighted by Gasteiger charge is -2.10. The lowest BCUT2D eigenvalue weighted by atomic mass is 10.2. The molecule has 96 valence electrons. The number of nitrogens with zero attached hydrogens (tertiary/aromatic N) is 3. The third-order valence-corrected chi connectivity index (χ3v) is 3.25. The highest BCUT2D eigenvalue weighted by Gasteiger charge is 2.09. The Bertz CT molecular complexity index is 753. The summed E-state index contributed by atoms with van der Waals surface area (Å²) >= 11 is 3.34. The van der Waals surface area contributed by atoms with Gasteiger partial charge < -0.3 is 9.72 Å². The molecule has 3 aromatic rings. The summed E-state index contributed by atoms with van der Waals surface area (Å²) in [5, 5.41) is 3.12. The predicted octanol–water partition coefficient (Wildman–Crippen LogP) is 3.68. The molecule has 0 saturated heterocycles. The van der Waals surface area contributed by atoms with Gasteiger partial charge in [-0.2, -0.15) is 0 Å². The molecule has 0 spiro atoms. The van der Waals surface area contributed by atoms with Crippen LogP contribution in [0.25, 0.3) is 5.65 Å². The Morgan fingerprint density at radius 2 is 2.21 bits per heavy atom. The molecule has 0 fully saturated rings. The molecular weight excluding hydrogens is 311 g/mol. The fourth-order valence-corrected chi connectivity index (χ4v) is 2.25. The maximum Gasteiger partial charge on any atom is 0.180 e. The summed E-state index contributed by atoms with van der Waals surface area (Å²) in [6.45, 7) is 1.72. The van der Waals surface area contributed by atoms with E-state index < -0.39 is 0 Å². The fourth-order valence-electron chi connectivity index (χ4n) is 1.86. The van der Waals surface area contributed by atoms with Crippen LogP contribution in [-0.4, -0.2) is 14.4 Å². The number of hydrogen-bond acceptors (Lipinski definition) is 3. The zero-order valence-corrected chi connectivity index (χ0v) is 11.6. The highest BCUT2D eigenvalue weighted by Crippen LogP contribution is 2.24. The summed E-state index contributed by atoms with van der Waals surface area (Å²) in [4.78, 5) is 8.57. The molecule has 6 heteroatoms. The van der Waals surface area contributed by atoms with Gasteiger partial charge in [0.25, 0.3) is 0 Å². The van der Waals surface area contributed by atoms with Crippen LogP contribution in [0.3, 0.4) is 0 Å². The van der Waals surface area contributed by atoms with Gasteiger partial charge in [-0.05, 0) is 35.0 Å². The maximum atomic E-state index is 13.5. The highest BCUT2D eigenvalue weighted by molar-refractivity contribution is 9.10. The van der Waals surface area contributed by atoms with Crippen molar-refractivity contribution in [2.75, 3.05) is 5.32 Å². The molecule has 0 bridgehead atoms. The van der Waals surface area contributed by atoms with E-state index in [1.165, 1.54) is 6.07 Å². The SMILES string of the molecule is Cc1c(F)cccc1Nc1nc(Br)cn2ccnc12. The molecule has 3 rings (SSSR count). The number of rotatable bonds is 2. The van der Waals surface area contributed by atoms with E-state index in [4.69, 9.17) is 0 Å². The van der Waals surface area contributed by atoms with Crippen LogP contribution in [0.4, 0.5) is 15.9 Å². The van der Waals surface area contributed by atoms with E-state index in [9.17, 15) is 4.39 Å². The number of anilines is 2. The monoisotopic (exact) mass is 320 g/mol. The second-order valence-electron chi connectivity index (χ2n) is 4.11. The van der Waals surface area contributed by atoms with Crippen molar-refractivity contribution in [1.82, 2.24) is 14.4 Å². The van der Waals surface area contributed by atoms with E-state index in [1.807, 2.05) is 16.8 Å². The smallest absolute Gasteiger partial charge is 0.180 e. The normalized spacial score (nSPS) is 10.9. The van der Waals surface area contributed by atoms with E-state index in [1.54, 1.807) is 25.3 Å². The van der Waals surface area contributed by atoms with Gasteiger partial charge >= 0.3 is 0 Å². The number of fused-ring (bicyclic) bond motifs is 1. The molecule has 0 unspecified atom stereocenters. The Kier molecular flexibility index (Phi) is 2.94. The summed E-state index contributed by atoms with van der Waals surface area (Å²) in [6, 6.07) is 4.89. The predicted molar refractivity (Wildman–Crippen MR) is 75.1 cm³/mol. The molecule has 1 N–H and O–H groups in total. The molecular formula is C13H10BrFN4. The van der Waals surface area contributed by atoms with Gasteiger partial charge in [0.05, 0.1) is 0 Å². The van der Waals surface area contributed by atoms with Gasteiger partial charge in [0.1, 0.15) is 10.4 Å². The molecule has 2 aromatic heterocycles. The van der Waals surface area contributed by atoms with Crippen molar-refractivity contribution >= 4 is 33.1 Å². The molecule has 1 aromatic carbocycles. The van der Waals surface area contributed by atoms with Gasteiger partial charge in [-0.25, -0.2) is 14.4 Å². The number of aromatic nitrogens is 3. The van der Waals surface area contributed by atoms with Crippen LogP contribution in [0.15, 0.2) is 41.4 Å². The molecule has 0 amide bonds. The Balaban J connectivity index is 2.10. The van der Waals surface area contributed by atoms with Crippen molar-refractivity contribution < 1.29 is 4.39 Å². The highest BCUT2D eigenvalue weighted by atomic mass is 79.9. The van der Waals surface area contributed by atoms with Gasteiger partial charge in [0.15, 0.2) is 11.5 Å². The molecule has 2 heterocycles. The van der Waals surface area contributed by atoms with Crippen LogP contribution >= 0.6 is 15.9 Å². The molecule has 0 aliphatic carbocycles.